The maximum absolute atomic E-state index is 13.9. The van der Waals surface area contributed by atoms with Crippen molar-refractivity contribution in [3.05, 3.63) is 91.0 Å². The topological polar surface area (TPSA) is 435 Å². The lowest BCUT2D eigenvalue weighted by atomic mass is 10.0. The van der Waals surface area contributed by atoms with Crippen LogP contribution >= 0.6 is 0 Å². The molecule has 0 saturated heterocycles. The number of carboxylic acids is 2. The Balaban J connectivity index is 2.38. The van der Waals surface area contributed by atoms with E-state index in [9.17, 15) is 73.2 Å². The zero-order valence-electron chi connectivity index (χ0n) is 40.4. The molecule has 2 rings (SSSR count). The van der Waals surface area contributed by atoms with Crippen LogP contribution in [0.2, 0.25) is 0 Å². The lowest BCUT2D eigenvalue weighted by molar-refractivity contribution is -0.141. The van der Waals surface area contributed by atoms with Gasteiger partial charge in [0.15, 0.2) is 0 Å². The highest BCUT2D eigenvalue weighted by Crippen LogP contribution is 2.13. The fraction of sp³-hybridized carbons (Fsp3) is 0.426. The van der Waals surface area contributed by atoms with Gasteiger partial charge in [0.1, 0.15) is 54.3 Å². The SMILES string of the molecule is C=CCOCC(NC(=O)C(CC(N)O)NC(=O)C(CC(=O)O)NC(=O)C(Cc1ccc(O)cc1)NC(=O)CNC(=O)C(CCC(=O)O)NC(=O)C(Cc1ccccc1)NC(=O)C(COCC=C)NC(C)=O)C(N)=O. The predicted molar refractivity (Wildman–Crippen MR) is 259 cm³/mol. The summed E-state index contributed by atoms with van der Waals surface area (Å²) in [5.74, 6) is -12.4. The van der Waals surface area contributed by atoms with Crippen molar-refractivity contribution >= 4 is 65.1 Å². The molecule has 0 aliphatic carbocycles. The molecule has 0 aliphatic heterocycles. The lowest BCUT2D eigenvalue weighted by Crippen LogP contribution is -2.60. The molecule has 16 N–H and O–H groups in total. The van der Waals surface area contributed by atoms with E-state index >= 15 is 0 Å². The van der Waals surface area contributed by atoms with Gasteiger partial charge in [0.25, 0.3) is 0 Å². The minimum Gasteiger partial charge on any atom is -0.508 e. The third-order valence-electron chi connectivity index (χ3n) is 10.2. The van der Waals surface area contributed by atoms with E-state index in [4.69, 9.17) is 20.9 Å². The van der Waals surface area contributed by atoms with E-state index in [1.807, 2.05) is 0 Å². The summed E-state index contributed by atoms with van der Waals surface area (Å²) in [4.78, 5) is 143. The first-order chi connectivity index (χ1) is 35.0. The number of primary amides is 1. The summed E-state index contributed by atoms with van der Waals surface area (Å²) >= 11 is 0. The fourth-order valence-electron chi connectivity index (χ4n) is 6.59. The highest BCUT2D eigenvalue weighted by atomic mass is 16.5. The van der Waals surface area contributed by atoms with Crippen LogP contribution in [0.5, 0.6) is 5.75 Å². The Hall–Kier alpha value is -8.27. The summed E-state index contributed by atoms with van der Waals surface area (Å²) in [6.07, 6.45) is -2.49. The standard InChI is InChI=1S/C47H64N10O17/c1-4-17-73-24-35(41(49)66)57-45(70)33(21-37(48)60)55-46(71)34(22-40(64)65)56-43(68)31(20-28-11-13-29(59)14-12-28)52-38(61)23-50-42(67)30(15-16-39(62)63)53-44(69)32(19-27-9-7-6-8-10-27)54-47(72)36(51-26(3)58)25-74-18-5-2/h4-14,30-37,59-60H,1-2,15-25,48H2,3H3,(H2,49,66)(H,50,67)(H,51,58)(H,52,61)(H,53,69)(H,54,72)(H,55,71)(H,56,68)(H,57,70)(H,62,63)(H,64,65). The summed E-state index contributed by atoms with van der Waals surface area (Å²) in [5, 5.41) is 57.5. The largest absolute Gasteiger partial charge is 0.508 e. The molecule has 0 aliphatic rings. The van der Waals surface area contributed by atoms with Crippen molar-refractivity contribution in [1.82, 2.24) is 42.5 Å². The molecule has 27 heteroatoms. The van der Waals surface area contributed by atoms with Gasteiger partial charge in [-0.3, -0.25) is 52.7 Å². The second kappa shape index (κ2) is 32.7. The van der Waals surface area contributed by atoms with Crippen LogP contribution in [-0.2, 0) is 75.1 Å². The van der Waals surface area contributed by atoms with Crippen LogP contribution in [0.4, 0.5) is 0 Å². The number of carbonyl (C=O) groups is 11. The number of nitrogens with one attached hydrogen (secondary N) is 8. The smallest absolute Gasteiger partial charge is 0.305 e. The maximum Gasteiger partial charge on any atom is 0.305 e. The number of hydrogen-bond acceptors (Lipinski definition) is 16. The Kier molecular flexibility index (Phi) is 27.3. The molecule has 0 fully saturated rings. The Morgan fingerprint density at radius 3 is 1.59 bits per heavy atom. The summed E-state index contributed by atoms with van der Waals surface area (Å²) < 4.78 is 10.5. The van der Waals surface area contributed by atoms with Crippen LogP contribution in [0, 0.1) is 0 Å². The van der Waals surface area contributed by atoms with Crippen LogP contribution in [0.1, 0.15) is 43.7 Å². The number of amides is 9. The minimum atomic E-state index is -1.98. The summed E-state index contributed by atoms with van der Waals surface area (Å²) in [6.45, 7) is 6.47. The number of phenols is 1. The van der Waals surface area contributed by atoms with Gasteiger partial charge in [-0.05, 0) is 29.7 Å². The number of phenolic OH excluding ortho intramolecular Hbond substituents is 1. The lowest BCUT2D eigenvalue weighted by Gasteiger charge is -2.26. The Morgan fingerprint density at radius 2 is 1.07 bits per heavy atom. The van der Waals surface area contributed by atoms with Crippen LogP contribution in [0.25, 0.3) is 0 Å². The summed E-state index contributed by atoms with van der Waals surface area (Å²) in [6, 6.07) is 2.37. The van der Waals surface area contributed by atoms with Crippen molar-refractivity contribution in [2.75, 3.05) is 33.0 Å². The summed E-state index contributed by atoms with van der Waals surface area (Å²) in [7, 11) is 0. The Morgan fingerprint density at radius 1 is 0.595 bits per heavy atom. The molecule has 9 amide bonds. The van der Waals surface area contributed by atoms with Gasteiger partial charge in [-0.2, -0.15) is 0 Å². The molecule has 0 aromatic heterocycles. The molecule has 0 saturated carbocycles. The molecule has 2 aromatic carbocycles. The maximum atomic E-state index is 13.9. The van der Waals surface area contributed by atoms with Crippen molar-refractivity contribution in [3.8, 4) is 5.75 Å². The monoisotopic (exact) mass is 1040 g/mol. The molecule has 8 unspecified atom stereocenters. The second-order valence-corrected chi connectivity index (χ2v) is 16.3. The third-order valence-corrected chi connectivity index (χ3v) is 10.2. The average molecular weight is 1040 g/mol. The van der Waals surface area contributed by atoms with Gasteiger partial charge < -0.3 is 83.9 Å². The van der Waals surface area contributed by atoms with E-state index in [1.165, 1.54) is 36.4 Å². The first-order valence-corrected chi connectivity index (χ1v) is 22.7. The van der Waals surface area contributed by atoms with Gasteiger partial charge in [0.05, 0.1) is 39.4 Å². The quantitative estimate of drug-likeness (QED) is 0.0176. The van der Waals surface area contributed by atoms with Crippen molar-refractivity contribution in [1.29, 1.82) is 0 Å². The average Bonchev–Trinajstić information content (AvgIpc) is 3.33. The van der Waals surface area contributed by atoms with E-state index in [0.717, 1.165) is 6.92 Å². The second-order valence-electron chi connectivity index (χ2n) is 16.3. The number of aliphatic hydroxyl groups is 1. The number of rotatable bonds is 35. The van der Waals surface area contributed by atoms with Crippen LogP contribution in [-0.4, -0.2) is 167 Å². The zero-order valence-corrected chi connectivity index (χ0v) is 40.4. The zero-order chi connectivity index (χ0) is 55.3. The van der Waals surface area contributed by atoms with Gasteiger partial charge in [0, 0.05) is 32.6 Å². The summed E-state index contributed by atoms with van der Waals surface area (Å²) in [5.41, 5.74) is 11.7. The molecule has 8 atom stereocenters. The van der Waals surface area contributed by atoms with E-state index in [-0.39, 0.29) is 38.4 Å². The Bertz CT molecular complexity index is 2280. The molecule has 0 radical (unpaired) electrons. The van der Waals surface area contributed by atoms with E-state index in [1.54, 1.807) is 30.3 Å². The van der Waals surface area contributed by atoms with E-state index < -0.39 is 152 Å². The molecule has 74 heavy (non-hydrogen) atoms. The van der Waals surface area contributed by atoms with Gasteiger partial charge >= 0.3 is 11.9 Å². The number of hydrogen-bond donors (Lipinski definition) is 14. The number of aliphatic carboxylic acids is 2. The molecule has 2 aromatic rings. The van der Waals surface area contributed by atoms with Crippen LogP contribution < -0.4 is 54.0 Å². The molecular weight excluding hydrogens is 977 g/mol. The van der Waals surface area contributed by atoms with Gasteiger partial charge in [0.2, 0.25) is 53.2 Å². The van der Waals surface area contributed by atoms with E-state index in [2.05, 4.69) is 55.7 Å². The number of carboxylic acid groups (broad SMARTS) is 2. The fourth-order valence-corrected chi connectivity index (χ4v) is 6.59. The highest BCUT2D eigenvalue weighted by molar-refractivity contribution is 5.98. The number of aliphatic hydroxyl groups excluding tert-OH is 1. The molecule has 27 nitrogen and oxygen atoms in total. The number of carbonyl (C=O) groups excluding carboxylic acids is 9. The van der Waals surface area contributed by atoms with Crippen molar-refractivity contribution in [2.45, 2.75) is 94.0 Å². The molecule has 0 spiro atoms. The number of aromatic hydroxyl groups is 1. The highest BCUT2D eigenvalue weighted by Gasteiger charge is 2.34. The van der Waals surface area contributed by atoms with Crippen molar-refractivity contribution < 1.29 is 82.6 Å². The third kappa shape index (κ3) is 24.2. The Labute approximate surface area is 424 Å². The molecule has 404 valence electrons. The van der Waals surface area contributed by atoms with Crippen LogP contribution in [0.3, 0.4) is 0 Å². The minimum absolute atomic E-state index is 0.0253. The molecule has 0 bridgehead atoms. The van der Waals surface area contributed by atoms with Crippen molar-refractivity contribution in [3.63, 3.8) is 0 Å². The number of ether oxygens (including phenoxy) is 2. The number of benzene rings is 2. The predicted octanol–water partition coefficient (Wildman–Crippen LogP) is -4.40. The molecule has 0 heterocycles. The first-order valence-electron chi connectivity index (χ1n) is 22.7. The first kappa shape index (κ1) is 61.8. The normalized spacial score (nSPS) is 14.0. The molecular formula is C47H64N10O17. The number of nitrogens with two attached hydrogens (primary N) is 2. The van der Waals surface area contributed by atoms with Crippen LogP contribution in [0.15, 0.2) is 79.9 Å². The van der Waals surface area contributed by atoms with Crippen molar-refractivity contribution in [2.24, 2.45) is 11.5 Å². The van der Waals surface area contributed by atoms with Gasteiger partial charge in [-0.1, -0.05) is 54.6 Å². The van der Waals surface area contributed by atoms with Gasteiger partial charge in [-0.15, -0.1) is 13.2 Å². The van der Waals surface area contributed by atoms with E-state index in [0.29, 0.717) is 11.1 Å². The van der Waals surface area contributed by atoms with Gasteiger partial charge in [-0.25, -0.2) is 0 Å².